The van der Waals surface area contributed by atoms with Gasteiger partial charge in [-0.1, -0.05) is 30.3 Å². The van der Waals surface area contributed by atoms with Crippen molar-refractivity contribution in [3.05, 3.63) is 89.0 Å². The lowest BCUT2D eigenvalue weighted by Crippen LogP contribution is -2.40. The van der Waals surface area contributed by atoms with Gasteiger partial charge in [-0.2, -0.15) is 4.31 Å². The van der Waals surface area contributed by atoms with Crippen LogP contribution in [0.1, 0.15) is 5.82 Å². The number of nitrogens with zero attached hydrogens (tertiary/aromatic N) is 2. The number of benzene rings is 3. The molecule has 0 atom stereocenters. The fraction of sp³-hybridized carbons (Fsp3) is 0.200. The second kappa shape index (κ2) is 9.87. The van der Waals surface area contributed by atoms with Crippen LogP contribution in [-0.2, 0) is 21.3 Å². The van der Waals surface area contributed by atoms with Crippen molar-refractivity contribution in [3.63, 3.8) is 0 Å². The van der Waals surface area contributed by atoms with Crippen molar-refractivity contribution in [2.45, 2.75) is 11.4 Å². The number of aromatic amines is 1. The molecule has 0 radical (unpaired) electrons. The first-order valence-electron chi connectivity index (χ1n) is 11.2. The molecule has 0 unspecified atom stereocenters. The molecule has 0 amide bonds. The van der Waals surface area contributed by atoms with Crippen molar-refractivity contribution < 1.29 is 17.9 Å². The summed E-state index contributed by atoms with van der Waals surface area (Å²) >= 11 is 0. The number of fused-ring (bicyclic) bond motifs is 1. The SMILES string of the molecule is O=c1[nH]c(CNc2cc(S(=O)(=O)N3CCOCC3)ccc2Oc2ccccc2)nc2ccccc12. The molecule has 10 heteroatoms. The van der Waals surface area contributed by atoms with E-state index in [0.717, 1.165) is 0 Å². The van der Waals surface area contributed by atoms with Crippen LogP contribution in [0, 0.1) is 0 Å². The highest BCUT2D eigenvalue weighted by atomic mass is 32.2. The van der Waals surface area contributed by atoms with Gasteiger partial charge >= 0.3 is 0 Å². The fourth-order valence-corrected chi connectivity index (χ4v) is 5.28. The number of anilines is 1. The molecule has 2 heterocycles. The third kappa shape index (κ3) is 5.04. The number of sulfonamides is 1. The number of hydrogen-bond acceptors (Lipinski definition) is 7. The normalized spacial score (nSPS) is 14.6. The molecule has 0 bridgehead atoms. The van der Waals surface area contributed by atoms with Gasteiger partial charge in [-0.05, 0) is 42.5 Å². The Kier molecular flexibility index (Phi) is 6.49. The second-order valence-corrected chi connectivity index (χ2v) is 9.91. The van der Waals surface area contributed by atoms with Crippen molar-refractivity contribution in [2.75, 3.05) is 31.6 Å². The summed E-state index contributed by atoms with van der Waals surface area (Å²) in [6, 6.07) is 21.0. The largest absolute Gasteiger partial charge is 0.455 e. The average molecular weight is 493 g/mol. The van der Waals surface area contributed by atoms with Gasteiger partial charge in [0.15, 0.2) is 5.75 Å². The van der Waals surface area contributed by atoms with Gasteiger partial charge in [-0.25, -0.2) is 13.4 Å². The van der Waals surface area contributed by atoms with Gasteiger partial charge in [0.05, 0.1) is 41.2 Å². The summed E-state index contributed by atoms with van der Waals surface area (Å²) < 4.78 is 39.2. The molecule has 1 aliphatic heterocycles. The van der Waals surface area contributed by atoms with Crippen LogP contribution in [0.25, 0.3) is 10.9 Å². The minimum absolute atomic E-state index is 0.141. The van der Waals surface area contributed by atoms with Crippen LogP contribution in [0.3, 0.4) is 0 Å². The predicted molar refractivity (Wildman–Crippen MR) is 132 cm³/mol. The lowest BCUT2D eigenvalue weighted by atomic mass is 10.2. The first kappa shape index (κ1) is 23.0. The van der Waals surface area contributed by atoms with E-state index in [1.54, 1.807) is 30.3 Å². The molecule has 0 spiro atoms. The zero-order valence-corrected chi connectivity index (χ0v) is 19.6. The highest BCUT2D eigenvalue weighted by molar-refractivity contribution is 7.89. The van der Waals surface area contributed by atoms with Gasteiger partial charge in [0, 0.05) is 13.1 Å². The first-order chi connectivity index (χ1) is 17.0. The van der Waals surface area contributed by atoms with E-state index in [0.29, 0.717) is 60.2 Å². The summed E-state index contributed by atoms with van der Waals surface area (Å²) in [6.45, 7) is 1.48. The van der Waals surface area contributed by atoms with E-state index in [-0.39, 0.29) is 17.0 Å². The predicted octanol–water partition coefficient (Wildman–Crippen LogP) is 3.35. The van der Waals surface area contributed by atoms with E-state index < -0.39 is 10.0 Å². The van der Waals surface area contributed by atoms with Crippen LogP contribution in [0.5, 0.6) is 11.5 Å². The van der Waals surface area contributed by atoms with E-state index in [2.05, 4.69) is 15.3 Å². The highest BCUT2D eigenvalue weighted by Gasteiger charge is 2.27. The number of para-hydroxylation sites is 2. The summed E-state index contributed by atoms with van der Waals surface area (Å²) in [7, 11) is -3.71. The van der Waals surface area contributed by atoms with E-state index in [1.807, 2.05) is 36.4 Å². The molecule has 9 nitrogen and oxygen atoms in total. The first-order valence-corrected chi connectivity index (χ1v) is 12.6. The Morgan fingerprint density at radius 1 is 1.00 bits per heavy atom. The third-order valence-electron chi connectivity index (χ3n) is 5.64. The van der Waals surface area contributed by atoms with Crippen molar-refractivity contribution in [1.82, 2.24) is 14.3 Å². The maximum atomic E-state index is 13.2. The maximum absolute atomic E-state index is 13.2. The zero-order valence-electron chi connectivity index (χ0n) is 18.8. The van der Waals surface area contributed by atoms with Gasteiger partial charge in [-0.3, -0.25) is 4.79 Å². The number of rotatable bonds is 7. The number of aromatic nitrogens is 2. The molecule has 2 N–H and O–H groups in total. The molecule has 3 aromatic carbocycles. The van der Waals surface area contributed by atoms with Gasteiger partial charge < -0.3 is 19.8 Å². The minimum atomic E-state index is -3.71. The van der Waals surface area contributed by atoms with E-state index in [9.17, 15) is 13.2 Å². The van der Waals surface area contributed by atoms with E-state index in [4.69, 9.17) is 9.47 Å². The monoisotopic (exact) mass is 492 g/mol. The topological polar surface area (TPSA) is 114 Å². The Balaban J connectivity index is 1.47. The van der Waals surface area contributed by atoms with Crippen LogP contribution in [0.2, 0.25) is 0 Å². The third-order valence-corrected chi connectivity index (χ3v) is 7.53. The van der Waals surface area contributed by atoms with Crippen LogP contribution in [0.4, 0.5) is 5.69 Å². The van der Waals surface area contributed by atoms with Gasteiger partial charge in [0.25, 0.3) is 5.56 Å². The fourth-order valence-electron chi connectivity index (χ4n) is 3.85. The maximum Gasteiger partial charge on any atom is 0.258 e. The summed E-state index contributed by atoms with van der Waals surface area (Å²) in [4.78, 5) is 19.9. The lowest BCUT2D eigenvalue weighted by Gasteiger charge is -2.26. The lowest BCUT2D eigenvalue weighted by molar-refractivity contribution is 0.0730. The Morgan fingerprint density at radius 2 is 1.74 bits per heavy atom. The van der Waals surface area contributed by atoms with Gasteiger partial charge in [0.1, 0.15) is 11.6 Å². The molecule has 1 aromatic heterocycles. The number of H-pyrrole nitrogens is 1. The summed E-state index contributed by atoms with van der Waals surface area (Å²) in [5.41, 5.74) is 0.799. The molecule has 0 saturated carbocycles. The molecular weight excluding hydrogens is 468 g/mol. The number of morpholine rings is 1. The molecule has 4 aromatic rings. The van der Waals surface area contributed by atoms with Crippen LogP contribution >= 0.6 is 0 Å². The van der Waals surface area contributed by atoms with Crippen LogP contribution in [0.15, 0.2) is 82.5 Å². The van der Waals surface area contributed by atoms with Crippen molar-refractivity contribution in [3.8, 4) is 11.5 Å². The quantitative estimate of drug-likeness (QED) is 0.407. The molecule has 1 aliphatic rings. The van der Waals surface area contributed by atoms with Gasteiger partial charge in [0.2, 0.25) is 10.0 Å². The van der Waals surface area contributed by atoms with Crippen molar-refractivity contribution >= 4 is 26.6 Å². The van der Waals surface area contributed by atoms with Gasteiger partial charge in [-0.15, -0.1) is 0 Å². The van der Waals surface area contributed by atoms with Crippen LogP contribution < -0.4 is 15.6 Å². The standard InChI is InChI=1S/C25H24N4O5S/c30-25-20-8-4-5-9-21(20)27-24(28-25)17-26-22-16-19(35(31,32)29-12-14-33-15-13-29)10-11-23(22)34-18-6-2-1-3-7-18/h1-11,16,26H,12-15,17H2,(H,27,28,30). The second-order valence-electron chi connectivity index (χ2n) is 7.97. The molecule has 0 aliphatic carbocycles. The number of nitrogens with one attached hydrogen (secondary N) is 2. The van der Waals surface area contributed by atoms with E-state index >= 15 is 0 Å². The Morgan fingerprint density at radius 3 is 2.54 bits per heavy atom. The Labute approximate surface area is 202 Å². The number of hydrogen-bond donors (Lipinski definition) is 2. The summed E-state index contributed by atoms with van der Waals surface area (Å²) in [5.74, 6) is 1.47. The molecule has 35 heavy (non-hydrogen) atoms. The van der Waals surface area contributed by atoms with Crippen molar-refractivity contribution in [1.29, 1.82) is 0 Å². The van der Waals surface area contributed by atoms with Crippen molar-refractivity contribution in [2.24, 2.45) is 0 Å². The number of ether oxygens (including phenoxy) is 2. The summed E-state index contributed by atoms with van der Waals surface area (Å²) in [5, 5.41) is 3.69. The van der Waals surface area contributed by atoms with E-state index in [1.165, 1.54) is 10.4 Å². The van der Waals surface area contributed by atoms with Crippen LogP contribution in [-0.4, -0.2) is 49.0 Å². The molecule has 5 rings (SSSR count). The minimum Gasteiger partial charge on any atom is -0.455 e. The Hall–Kier alpha value is -3.73. The highest BCUT2D eigenvalue weighted by Crippen LogP contribution is 2.33. The Bertz CT molecular complexity index is 1500. The molecule has 1 fully saturated rings. The smallest absolute Gasteiger partial charge is 0.258 e. The molecular formula is C25H24N4O5S. The zero-order chi connectivity index (χ0) is 24.3. The molecule has 1 saturated heterocycles. The molecule has 180 valence electrons. The average Bonchev–Trinajstić information content (AvgIpc) is 2.89. The summed E-state index contributed by atoms with van der Waals surface area (Å²) in [6.07, 6.45) is 0.